The molecule has 0 saturated carbocycles. The molecule has 0 aliphatic heterocycles. The molecule has 0 radical (unpaired) electrons. The molecule has 0 saturated heterocycles. The zero-order chi connectivity index (χ0) is 45.1. The van der Waals surface area contributed by atoms with Crippen LogP contribution in [0.5, 0.6) is 0 Å². The summed E-state index contributed by atoms with van der Waals surface area (Å²) in [7, 11) is 2.47. The van der Waals surface area contributed by atoms with Crippen molar-refractivity contribution in [3.8, 4) is 0 Å². The molecular formula is C44H41Cl2N5O12. The van der Waals surface area contributed by atoms with Gasteiger partial charge in [-0.3, -0.25) is 53.3 Å². The number of rotatable bonds is 14. The Kier molecular flexibility index (Phi) is 17.1. The fraction of sp³-hybridized carbons (Fsp3) is 0.227. The van der Waals surface area contributed by atoms with E-state index in [0.29, 0.717) is 0 Å². The first-order valence-electron chi connectivity index (χ1n) is 18.6. The molecule has 0 fully saturated rings. The minimum atomic E-state index is -0.556. The first kappa shape index (κ1) is 48.6. The average Bonchev–Trinajstić information content (AvgIpc) is 3.28. The summed E-state index contributed by atoms with van der Waals surface area (Å²) in [6.45, 7) is -0.435. The van der Waals surface area contributed by atoms with Crippen LogP contribution in [0.3, 0.4) is 0 Å². The number of fused-ring (bicyclic) bond motifs is 4. The number of nitrogens with one attached hydrogen (secondary N) is 5. The molecular weight excluding hydrogens is 861 g/mol. The van der Waals surface area contributed by atoms with Gasteiger partial charge in [0, 0.05) is 35.1 Å². The van der Waals surface area contributed by atoms with Crippen LogP contribution in [0, 0.1) is 0 Å². The minimum absolute atomic E-state index is 0. The number of hydrogen-bond donors (Lipinski definition) is 5. The maximum atomic E-state index is 13.4. The van der Waals surface area contributed by atoms with E-state index in [1.165, 1.54) is 62.8 Å². The molecule has 0 atom stereocenters. The van der Waals surface area contributed by atoms with Crippen LogP contribution in [-0.4, -0.2) is 97.8 Å². The highest BCUT2D eigenvalue weighted by atomic mass is 35.5. The lowest BCUT2D eigenvalue weighted by molar-refractivity contribution is -0.141. The van der Waals surface area contributed by atoms with Crippen LogP contribution in [0.1, 0.15) is 90.4 Å². The molecule has 6 rings (SSSR count). The van der Waals surface area contributed by atoms with Gasteiger partial charge >= 0.3 is 11.9 Å². The van der Waals surface area contributed by atoms with E-state index >= 15 is 0 Å². The number of halogens is 2. The molecule has 4 amide bonds. The van der Waals surface area contributed by atoms with E-state index in [-0.39, 0.29) is 119 Å². The van der Waals surface area contributed by atoms with Gasteiger partial charge in [0.2, 0.25) is 23.6 Å². The van der Waals surface area contributed by atoms with E-state index in [4.69, 9.17) is 23.2 Å². The van der Waals surface area contributed by atoms with E-state index in [9.17, 15) is 47.9 Å². The molecule has 0 bridgehead atoms. The van der Waals surface area contributed by atoms with Crippen LogP contribution < -0.4 is 26.6 Å². The van der Waals surface area contributed by atoms with Gasteiger partial charge in [-0.1, -0.05) is 56.0 Å². The third-order valence-corrected chi connectivity index (χ3v) is 9.77. The summed E-state index contributed by atoms with van der Waals surface area (Å²) in [5.41, 5.74) is 1.26. The van der Waals surface area contributed by atoms with Crippen LogP contribution in [0.15, 0.2) is 72.8 Å². The first-order valence-corrected chi connectivity index (χ1v) is 19.7. The number of benzene rings is 4. The largest absolute Gasteiger partial charge is 0.469 e. The molecule has 0 unspecified atom stereocenters. The van der Waals surface area contributed by atoms with Gasteiger partial charge in [0.25, 0.3) is 0 Å². The Hall–Kier alpha value is -7.08. The summed E-state index contributed by atoms with van der Waals surface area (Å²) in [6, 6.07) is 18.4. The highest BCUT2D eigenvalue weighted by Gasteiger charge is 2.36. The van der Waals surface area contributed by atoms with Gasteiger partial charge in [-0.25, -0.2) is 0 Å². The fourth-order valence-electron chi connectivity index (χ4n) is 6.48. The zero-order valence-corrected chi connectivity index (χ0v) is 34.5. The Bertz CT molecular complexity index is 2370. The lowest BCUT2D eigenvalue weighted by Crippen LogP contribution is -2.33. The number of ether oxygens (including phenoxy) is 2. The Labute approximate surface area is 370 Å². The number of alkyl halides is 2. The maximum Gasteiger partial charge on any atom is 0.319 e. The number of carbonyl (C=O) groups is 10. The van der Waals surface area contributed by atoms with Crippen molar-refractivity contribution in [3.63, 3.8) is 0 Å². The van der Waals surface area contributed by atoms with Gasteiger partial charge < -0.3 is 30.7 Å². The maximum absolute atomic E-state index is 13.4. The SMILES string of the molecule is C.COC(=O)CCCC(=O)Nc1ccc(NC(=O)CNCC(=O)OC)c2c1C(=O)c1ccccc1C2=O.O=C(CCl)Nc1ccc(NC(=O)CCl)c2c1C(=O)c1ccccc1C2=O. The Morgan fingerprint density at radius 3 is 1.13 bits per heavy atom. The first-order chi connectivity index (χ1) is 29.7. The number of methoxy groups -OCH3 is 2. The third-order valence-electron chi connectivity index (χ3n) is 9.29. The smallest absolute Gasteiger partial charge is 0.319 e. The molecule has 4 aromatic rings. The third kappa shape index (κ3) is 11.3. The predicted molar refractivity (Wildman–Crippen MR) is 233 cm³/mol. The number of amides is 4. The molecule has 2 aliphatic carbocycles. The lowest BCUT2D eigenvalue weighted by Gasteiger charge is -2.23. The monoisotopic (exact) mass is 901 g/mol. The number of carbonyl (C=O) groups excluding carboxylic acids is 10. The number of anilines is 4. The quantitative estimate of drug-likeness (QED) is 0.0722. The van der Waals surface area contributed by atoms with Gasteiger partial charge in [-0.05, 0) is 30.7 Å². The molecule has 63 heavy (non-hydrogen) atoms. The van der Waals surface area contributed by atoms with Crippen LogP contribution in [0.2, 0.25) is 0 Å². The number of hydrogen-bond acceptors (Lipinski definition) is 13. The van der Waals surface area contributed by atoms with Crippen LogP contribution in [0.4, 0.5) is 22.7 Å². The molecule has 0 spiro atoms. The van der Waals surface area contributed by atoms with Gasteiger partial charge in [-0.2, -0.15) is 0 Å². The summed E-state index contributed by atoms with van der Waals surface area (Å²) >= 11 is 11.0. The molecule has 5 N–H and O–H groups in total. The van der Waals surface area contributed by atoms with Crippen LogP contribution in [0.25, 0.3) is 0 Å². The van der Waals surface area contributed by atoms with Crippen molar-refractivity contribution in [1.82, 2.24) is 5.32 Å². The van der Waals surface area contributed by atoms with E-state index in [0.717, 1.165) is 0 Å². The van der Waals surface area contributed by atoms with Crippen molar-refractivity contribution in [2.45, 2.75) is 26.7 Å². The Morgan fingerprint density at radius 1 is 0.460 bits per heavy atom. The molecule has 0 heterocycles. The van der Waals surface area contributed by atoms with Crippen molar-refractivity contribution in [3.05, 3.63) is 117 Å². The van der Waals surface area contributed by atoms with E-state index in [1.807, 2.05) is 0 Å². The molecule has 0 aromatic heterocycles. The molecule has 328 valence electrons. The fourth-order valence-corrected chi connectivity index (χ4v) is 6.62. The lowest BCUT2D eigenvalue weighted by atomic mass is 9.82. The predicted octanol–water partition coefficient (Wildman–Crippen LogP) is 4.90. The normalized spacial score (nSPS) is 11.7. The molecule has 2 aliphatic rings. The van der Waals surface area contributed by atoms with Crippen molar-refractivity contribution in [2.24, 2.45) is 0 Å². The standard InChI is InChI=1S/C25H25N3O8.C18H12Cl2N2O4.CH4/c1-35-20(31)9-5-8-18(29)27-16-10-11-17(28-19(30)12-26-13-21(32)36-2)23-22(16)24(33)14-6-3-4-7-15(14)25(23)34;19-7-13(23)21-11-5-6-12(22-14(24)8-20)16-15(11)17(25)9-3-1-2-4-10(9)18(16)26;/h3-4,6-7,10-11,26H,5,8-9,12-13H2,1-2H3,(H,27,29)(H,28,30);1-6H,7-8H2,(H,21,23)(H,22,24);1H4. The molecule has 19 heteroatoms. The van der Waals surface area contributed by atoms with Crippen molar-refractivity contribution in [2.75, 3.05) is 60.3 Å². The highest BCUT2D eigenvalue weighted by Crippen LogP contribution is 2.38. The number of esters is 2. The molecule has 17 nitrogen and oxygen atoms in total. The van der Waals surface area contributed by atoms with Crippen LogP contribution in [-0.2, 0) is 38.2 Å². The summed E-state index contributed by atoms with van der Waals surface area (Å²) in [6.07, 6.45) is 0.290. The summed E-state index contributed by atoms with van der Waals surface area (Å²) < 4.78 is 9.05. The Morgan fingerprint density at radius 2 is 0.794 bits per heavy atom. The van der Waals surface area contributed by atoms with E-state index < -0.39 is 58.7 Å². The summed E-state index contributed by atoms with van der Waals surface area (Å²) in [4.78, 5) is 123. The summed E-state index contributed by atoms with van der Waals surface area (Å²) in [5, 5.41) is 12.9. The molecule has 4 aromatic carbocycles. The van der Waals surface area contributed by atoms with Crippen molar-refractivity contribution in [1.29, 1.82) is 0 Å². The van der Waals surface area contributed by atoms with Gasteiger partial charge in [-0.15, -0.1) is 23.2 Å². The van der Waals surface area contributed by atoms with Crippen molar-refractivity contribution >= 4 is 105 Å². The van der Waals surface area contributed by atoms with Crippen LogP contribution >= 0.6 is 23.2 Å². The zero-order valence-electron chi connectivity index (χ0n) is 33.0. The minimum Gasteiger partial charge on any atom is -0.469 e. The second-order valence-corrected chi connectivity index (χ2v) is 13.8. The van der Waals surface area contributed by atoms with Gasteiger partial charge in [0.15, 0.2) is 23.1 Å². The second-order valence-electron chi connectivity index (χ2n) is 13.3. The second kappa shape index (κ2) is 22.1. The van der Waals surface area contributed by atoms with Gasteiger partial charge in [0.05, 0.1) is 72.3 Å². The number of ketones is 4. The van der Waals surface area contributed by atoms with E-state index in [1.54, 1.807) is 24.3 Å². The van der Waals surface area contributed by atoms with E-state index in [2.05, 4.69) is 36.1 Å². The average molecular weight is 903 g/mol. The summed E-state index contributed by atoms with van der Waals surface area (Å²) in [5.74, 6) is -5.49. The van der Waals surface area contributed by atoms with Crippen molar-refractivity contribution < 1.29 is 57.4 Å². The van der Waals surface area contributed by atoms with Gasteiger partial charge in [0.1, 0.15) is 11.8 Å². The highest BCUT2D eigenvalue weighted by molar-refractivity contribution is 6.35. The Balaban J connectivity index is 0.000000286. The topological polar surface area (TPSA) is 249 Å².